The number of carbonyl (C=O) groups is 1. The number of nitrogens with zero attached hydrogens (tertiary/aromatic N) is 1. The van der Waals surface area contributed by atoms with Crippen molar-refractivity contribution in [1.29, 1.82) is 0 Å². The Bertz CT molecular complexity index is 590. The van der Waals surface area contributed by atoms with Crippen LogP contribution in [0.2, 0.25) is 5.02 Å². The lowest BCUT2D eigenvalue weighted by Crippen LogP contribution is -2.20. The van der Waals surface area contributed by atoms with Gasteiger partial charge in [0.25, 0.3) is 5.91 Å². The number of amides is 1. The molecule has 0 unspecified atom stereocenters. The van der Waals surface area contributed by atoms with E-state index in [0.29, 0.717) is 22.1 Å². The van der Waals surface area contributed by atoms with Crippen LogP contribution in [-0.4, -0.2) is 17.5 Å². The monoisotopic (exact) mass is 277 g/mol. The Morgan fingerprint density at radius 2 is 2.21 bits per heavy atom. The average Bonchev–Trinajstić information content (AvgIpc) is 2.36. The van der Waals surface area contributed by atoms with Gasteiger partial charge in [0.1, 0.15) is 5.75 Å². The maximum absolute atomic E-state index is 11.7. The second-order valence-electron chi connectivity index (χ2n) is 3.80. The molecular weight excluding hydrogens is 266 g/mol. The number of hydrogen-bond acceptors (Lipinski definition) is 4. The Morgan fingerprint density at radius 1 is 1.37 bits per heavy atom. The lowest BCUT2D eigenvalue weighted by atomic mass is 10.3. The van der Waals surface area contributed by atoms with Gasteiger partial charge in [0.2, 0.25) is 0 Å². The molecule has 0 radical (unpaired) electrons. The molecule has 0 saturated carbocycles. The molecule has 0 atom stereocenters. The molecule has 1 aromatic heterocycles. The zero-order valence-corrected chi connectivity index (χ0v) is 10.7. The van der Waals surface area contributed by atoms with Crippen molar-refractivity contribution in [2.45, 2.75) is 0 Å². The summed E-state index contributed by atoms with van der Waals surface area (Å²) in [5, 5.41) is 3.12. The normalized spacial score (nSPS) is 9.95. The predicted molar refractivity (Wildman–Crippen MR) is 74.2 cm³/mol. The van der Waals surface area contributed by atoms with Crippen molar-refractivity contribution in [3.8, 4) is 5.75 Å². The molecule has 0 aliphatic heterocycles. The molecule has 19 heavy (non-hydrogen) atoms. The van der Waals surface area contributed by atoms with E-state index in [1.54, 1.807) is 30.3 Å². The molecule has 1 heterocycles. The summed E-state index contributed by atoms with van der Waals surface area (Å²) in [6, 6.07) is 8.49. The van der Waals surface area contributed by atoms with Crippen molar-refractivity contribution < 1.29 is 9.53 Å². The fraction of sp³-hybridized carbons (Fsp3) is 0.0769. The van der Waals surface area contributed by atoms with Gasteiger partial charge in [-0.15, -0.1) is 0 Å². The smallest absolute Gasteiger partial charge is 0.262 e. The van der Waals surface area contributed by atoms with Gasteiger partial charge in [0.05, 0.1) is 11.2 Å². The quantitative estimate of drug-likeness (QED) is 0.841. The molecule has 0 saturated heterocycles. The van der Waals surface area contributed by atoms with Gasteiger partial charge >= 0.3 is 0 Å². The van der Waals surface area contributed by atoms with Crippen molar-refractivity contribution in [2.24, 2.45) is 0 Å². The first-order chi connectivity index (χ1) is 9.13. The number of nitrogens with one attached hydrogen (secondary N) is 1. The van der Waals surface area contributed by atoms with Gasteiger partial charge in [0, 0.05) is 23.6 Å². The number of benzene rings is 1. The van der Waals surface area contributed by atoms with Crippen LogP contribution < -0.4 is 15.8 Å². The average molecular weight is 278 g/mol. The molecule has 0 aliphatic carbocycles. The van der Waals surface area contributed by atoms with E-state index >= 15 is 0 Å². The maximum Gasteiger partial charge on any atom is 0.262 e. The molecule has 0 aliphatic rings. The standard InChI is InChI=1S/C13H12ClN3O2/c14-9-4-12(7-16-6-9)19-8-13(18)17-11-3-1-2-10(15)5-11/h1-7H,8,15H2,(H,17,18). The van der Waals surface area contributed by atoms with Crippen LogP contribution in [0, 0.1) is 0 Å². The summed E-state index contributed by atoms with van der Waals surface area (Å²) in [4.78, 5) is 15.5. The Balaban J connectivity index is 1.88. The van der Waals surface area contributed by atoms with Crippen LogP contribution in [0.3, 0.4) is 0 Å². The van der Waals surface area contributed by atoms with E-state index < -0.39 is 0 Å². The third-order valence-electron chi connectivity index (χ3n) is 2.22. The number of nitrogens with two attached hydrogens (primary N) is 1. The minimum Gasteiger partial charge on any atom is -0.482 e. The first kappa shape index (κ1) is 13.2. The number of ether oxygens (including phenoxy) is 1. The highest BCUT2D eigenvalue weighted by atomic mass is 35.5. The maximum atomic E-state index is 11.7. The van der Waals surface area contributed by atoms with E-state index in [0.717, 1.165) is 0 Å². The number of hydrogen-bond donors (Lipinski definition) is 2. The van der Waals surface area contributed by atoms with Gasteiger partial charge < -0.3 is 15.8 Å². The summed E-state index contributed by atoms with van der Waals surface area (Å²) in [5.74, 6) is 0.154. The Morgan fingerprint density at radius 3 is 2.95 bits per heavy atom. The highest BCUT2D eigenvalue weighted by Gasteiger charge is 2.04. The number of carbonyl (C=O) groups excluding carboxylic acids is 1. The van der Waals surface area contributed by atoms with Crippen LogP contribution in [0.15, 0.2) is 42.7 Å². The van der Waals surface area contributed by atoms with Gasteiger partial charge in [-0.25, -0.2) is 0 Å². The summed E-state index contributed by atoms with van der Waals surface area (Å²) in [6.45, 7) is -0.128. The van der Waals surface area contributed by atoms with Gasteiger partial charge in [-0.3, -0.25) is 9.78 Å². The topological polar surface area (TPSA) is 77.2 Å². The lowest BCUT2D eigenvalue weighted by Gasteiger charge is -2.07. The Labute approximate surface area is 115 Å². The van der Waals surface area contributed by atoms with Gasteiger partial charge in [-0.2, -0.15) is 0 Å². The van der Waals surface area contributed by atoms with E-state index in [1.165, 1.54) is 12.4 Å². The predicted octanol–water partition coefficient (Wildman–Crippen LogP) is 2.33. The SMILES string of the molecule is Nc1cccc(NC(=O)COc2cncc(Cl)c2)c1. The fourth-order valence-electron chi connectivity index (χ4n) is 1.43. The molecule has 0 fully saturated rings. The second kappa shape index (κ2) is 6.06. The van der Waals surface area contributed by atoms with E-state index in [9.17, 15) is 4.79 Å². The number of halogens is 1. The lowest BCUT2D eigenvalue weighted by molar-refractivity contribution is -0.118. The first-order valence-corrected chi connectivity index (χ1v) is 5.90. The molecule has 2 aromatic rings. The van der Waals surface area contributed by atoms with Crippen LogP contribution in [0.4, 0.5) is 11.4 Å². The van der Waals surface area contributed by atoms with Gasteiger partial charge in [-0.1, -0.05) is 17.7 Å². The van der Waals surface area contributed by atoms with Crippen molar-refractivity contribution in [2.75, 3.05) is 17.7 Å². The van der Waals surface area contributed by atoms with Crippen LogP contribution in [0.5, 0.6) is 5.75 Å². The molecule has 1 amide bonds. The highest BCUT2D eigenvalue weighted by Crippen LogP contribution is 2.15. The van der Waals surface area contributed by atoms with Crippen LogP contribution in [0.1, 0.15) is 0 Å². The van der Waals surface area contributed by atoms with Crippen LogP contribution in [0.25, 0.3) is 0 Å². The van der Waals surface area contributed by atoms with Crippen molar-refractivity contribution in [3.05, 3.63) is 47.7 Å². The largest absolute Gasteiger partial charge is 0.482 e. The van der Waals surface area contributed by atoms with E-state index in [1.807, 2.05) is 0 Å². The molecule has 2 rings (SSSR count). The van der Waals surface area contributed by atoms with Gasteiger partial charge in [-0.05, 0) is 18.2 Å². The van der Waals surface area contributed by atoms with Crippen molar-refractivity contribution in [1.82, 2.24) is 4.98 Å². The summed E-state index contributed by atoms with van der Waals surface area (Å²) >= 11 is 5.75. The summed E-state index contributed by atoms with van der Waals surface area (Å²) in [7, 11) is 0. The Kier molecular flexibility index (Phi) is 4.20. The minimum atomic E-state index is -0.287. The van der Waals surface area contributed by atoms with Gasteiger partial charge in [0.15, 0.2) is 6.61 Å². The fourth-order valence-corrected chi connectivity index (χ4v) is 1.60. The summed E-state index contributed by atoms with van der Waals surface area (Å²) in [6.07, 6.45) is 2.97. The molecule has 6 heteroatoms. The first-order valence-electron chi connectivity index (χ1n) is 5.52. The molecule has 0 spiro atoms. The molecule has 98 valence electrons. The third kappa shape index (κ3) is 4.15. The summed E-state index contributed by atoms with van der Waals surface area (Å²) in [5.41, 5.74) is 6.81. The number of anilines is 2. The van der Waals surface area contributed by atoms with Crippen molar-refractivity contribution >= 4 is 28.9 Å². The molecule has 0 bridgehead atoms. The number of aromatic nitrogens is 1. The zero-order valence-electron chi connectivity index (χ0n) is 9.97. The van der Waals surface area contributed by atoms with E-state index in [4.69, 9.17) is 22.1 Å². The third-order valence-corrected chi connectivity index (χ3v) is 2.43. The Hall–Kier alpha value is -2.27. The summed E-state index contributed by atoms with van der Waals surface area (Å²) < 4.78 is 5.26. The molecular formula is C13H12ClN3O2. The number of pyridine rings is 1. The second-order valence-corrected chi connectivity index (χ2v) is 4.24. The van der Waals surface area contributed by atoms with Crippen molar-refractivity contribution in [3.63, 3.8) is 0 Å². The molecule has 3 N–H and O–H groups in total. The van der Waals surface area contributed by atoms with E-state index in [2.05, 4.69) is 10.3 Å². The number of nitrogen functional groups attached to an aromatic ring is 1. The minimum absolute atomic E-state index is 0.128. The molecule has 1 aromatic carbocycles. The molecule has 5 nitrogen and oxygen atoms in total. The highest BCUT2D eigenvalue weighted by molar-refractivity contribution is 6.30. The number of rotatable bonds is 4. The van der Waals surface area contributed by atoms with Crippen LogP contribution in [-0.2, 0) is 4.79 Å². The van der Waals surface area contributed by atoms with E-state index in [-0.39, 0.29) is 12.5 Å². The zero-order chi connectivity index (χ0) is 13.7. The van der Waals surface area contributed by atoms with Crippen LogP contribution >= 0.6 is 11.6 Å².